The summed E-state index contributed by atoms with van der Waals surface area (Å²) in [5.41, 5.74) is 1.81. The number of sulfone groups is 1. The van der Waals surface area contributed by atoms with Crippen LogP contribution in [0.15, 0.2) is 94.9 Å². The minimum Gasteiger partial charge on any atom is -0.368 e. The first-order valence-corrected chi connectivity index (χ1v) is 12.6. The average Bonchev–Trinajstić information content (AvgIpc) is 3.24. The number of halogens is 1. The summed E-state index contributed by atoms with van der Waals surface area (Å²) in [6.07, 6.45) is 1.52. The molecule has 1 fully saturated rings. The van der Waals surface area contributed by atoms with Crippen molar-refractivity contribution in [3.05, 3.63) is 90.9 Å². The lowest BCUT2D eigenvalue weighted by Gasteiger charge is -2.36. The molecule has 8 heteroatoms. The van der Waals surface area contributed by atoms with Crippen molar-refractivity contribution in [2.45, 2.75) is 16.3 Å². The monoisotopic (exact) mass is 477 g/mol. The molecule has 5 rings (SSSR count). The highest BCUT2D eigenvalue weighted by Gasteiger charge is 2.26. The summed E-state index contributed by atoms with van der Waals surface area (Å²) in [4.78, 5) is 17.3. The molecule has 34 heavy (non-hydrogen) atoms. The molecule has 0 saturated carbocycles. The first-order valence-electron chi connectivity index (χ1n) is 11.1. The van der Waals surface area contributed by atoms with Crippen LogP contribution in [0.2, 0.25) is 0 Å². The summed E-state index contributed by atoms with van der Waals surface area (Å²) < 4.78 is 41.6. The van der Waals surface area contributed by atoms with Crippen LogP contribution in [0, 0.1) is 5.82 Å². The normalized spacial score (nSPS) is 14.5. The standard InChI is InChI=1S/C26H24FN3O3S/c27-20-10-12-22(13-11-20)34(32,33)25-18-30(24-9-5-4-8-23(24)25)19-26(31)29-16-14-28(15-17-29)21-6-2-1-3-7-21/h1-13,18H,14-17,19H2. The van der Waals surface area contributed by atoms with Crippen molar-refractivity contribution in [3.63, 3.8) is 0 Å². The number of carbonyl (C=O) groups excluding carboxylic acids is 1. The molecule has 0 unspecified atom stereocenters. The van der Waals surface area contributed by atoms with Gasteiger partial charge in [0.2, 0.25) is 15.7 Å². The largest absolute Gasteiger partial charge is 0.368 e. The van der Waals surface area contributed by atoms with Crippen LogP contribution in [0.25, 0.3) is 10.9 Å². The molecule has 3 aromatic carbocycles. The van der Waals surface area contributed by atoms with Gasteiger partial charge in [0.25, 0.3) is 0 Å². The number of benzene rings is 3. The van der Waals surface area contributed by atoms with E-state index in [-0.39, 0.29) is 22.2 Å². The lowest BCUT2D eigenvalue weighted by Crippen LogP contribution is -2.49. The summed E-state index contributed by atoms with van der Waals surface area (Å²) in [5, 5.41) is 0.536. The molecule has 0 N–H and O–H groups in total. The molecule has 0 atom stereocenters. The zero-order chi connectivity index (χ0) is 23.7. The molecule has 1 aromatic heterocycles. The van der Waals surface area contributed by atoms with Crippen LogP contribution < -0.4 is 4.90 Å². The Labute approximate surface area is 197 Å². The molecule has 1 amide bonds. The third-order valence-corrected chi connectivity index (χ3v) is 8.02. The van der Waals surface area contributed by atoms with Gasteiger partial charge in [0.1, 0.15) is 12.4 Å². The van der Waals surface area contributed by atoms with Crippen molar-refractivity contribution in [1.29, 1.82) is 0 Å². The van der Waals surface area contributed by atoms with Crippen molar-refractivity contribution in [1.82, 2.24) is 9.47 Å². The van der Waals surface area contributed by atoms with E-state index in [9.17, 15) is 17.6 Å². The molecule has 2 heterocycles. The molecule has 0 bridgehead atoms. The molecular formula is C26H24FN3O3S. The van der Waals surface area contributed by atoms with Crippen LogP contribution in [0.1, 0.15) is 0 Å². The van der Waals surface area contributed by atoms with Gasteiger partial charge in [-0.05, 0) is 42.5 Å². The summed E-state index contributed by atoms with van der Waals surface area (Å²) in [5.74, 6) is -0.557. The van der Waals surface area contributed by atoms with Crippen molar-refractivity contribution < 1.29 is 17.6 Å². The number of carbonyl (C=O) groups is 1. The fraction of sp³-hybridized carbons (Fsp3) is 0.192. The minimum absolute atomic E-state index is 0.0140. The molecule has 0 aliphatic carbocycles. The minimum atomic E-state index is -3.88. The van der Waals surface area contributed by atoms with Gasteiger partial charge in [0.05, 0.1) is 9.79 Å². The van der Waals surface area contributed by atoms with E-state index in [0.29, 0.717) is 24.0 Å². The maximum Gasteiger partial charge on any atom is 0.242 e. The number of piperazine rings is 1. The summed E-state index contributed by atoms with van der Waals surface area (Å²) >= 11 is 0. The van der Waals surface area contributed by atoms with Crippen LogP contribution in [-0.4, -0.2) is 50.0 Å². The number of hydrogen-bond donors (Lipinski definition) is 0. The van der Waals surface area contributed by atoms with Gasteiger partial charge < -0.3 is 14.4 Å². The number of rotatable bonds is 5. The van der Waals surface area contributed by atoms with Crippen LogP contribution in [0.4, 0.5) is 10.1 Å². The van der Waals surface area contributed by atoms with Gasteiger partial charge in [-0.1, -0.05) is 36.4 Å². The highest BCUT2D eigenvalue weighted by Crippen LogP contribution is 2.30. The van der Waals surface area contributed by atoms with E-state index in [2.05, 4.69) is 17.0 Å². The predicted molar refractivity (Wildman–Crippen MR) is 129 cm³/mol. The summed E-state index contributed by atoms with van der Waals surface area (Å²) in [6.45, 7) is 2.74. The topological polar surface area (TPSA) is 62.6 Å². The van der Waals surface area contributed by atoms with Gasteiger partial charge in [-0.3, -0.25) is 4.79 Å². The third-order valence-electron chi connectivity index (χ3n) is 6.22. The van der Waals surface area contributed by atoms with E-state index in [0.717, 1.165) is 30.9 Å². The van der Waals surface area contributed by atoms with Crippen LogP contribution in [0.3, 0.4) is 0 Å². The Morgan fingerprint density at radius 1 is 0.824 bits per heavy atom. The van der Waals surface area contributed by atoms with Crippen LogP contribution in [-0.2, 0) is 21.2 Å². The van der Waals surface area contributed by atoms with E-state index in [1.165, 1.54) is 18.3 Å². The Morgan fingerprint density at radius 3 is 2.18 bits per heavy atom. The number of amides is 1. The van der Waals surface area contributed by atoms with Gasteiger partial charge in [-0.25, -0.2) is 12.8 Å². The summed E-state index contributed by atoms with van der Waals surface area (Å²) in [6, 6.07) is 22.0. The van der Waals surface area contributed by atoms with Crippen LogP contribution in [0.5, 0.6) is 0 Å². The molecule has 1 saturated heterocycles. The molecule has 1 aliphatic heterocycles. The smallest absolute Gasteiger partial charge is 0.242 e. The Hall–Kier alpha value is -3.65. The second-order valence-electron chi connectivity index (χ2n) is 8.30. The van der Waals surface area contributed by atoms with E-state index >= 15 is 0 Å². The fourth-order valence-corrected chi connectivity index (χ4v) is 5.87. The number of aromatic nitrogens is 1. The quantitative estimate of drug-likeness (QED) is 0.408. The molecule has 4 aromatic rings. The maximum atomic E-state index is 13.3. The molecule has 1 aliphatic rings. The molecular weight excluding hydrogens is 453 g/mol. The van der Waals surface area contributed by atoms with Crippen molar-refractivity contribution in [2.75, 3.05) is 31.1 Å². The van der Waals surface area contributed by atoms with Crippen molar-refractivity contribution in [2.24, 2.45) is 0 Å². The number of hydrogen-bond acceptors (Lipinski definition) is 4. The Balaban J connectivity index is 1.38. The first kappa shape index (κ1) is 22.2. The SMILES string of the molecule is O=C(Cn1cc(S(=O)(=O)c2ccc(F)cc2)c2ccccc21)N1CCN(c2ccccc2)CC1. The molecule has 174 valence electrons. The Kier molecular flexibility index (Phi) is 5.83. The van der Waals surface area contributed by atoms with Gasteiger partial charge in [-0.2, -0.15) is 0 Å². The van der Waals surface area contributed by atoms with E-state index in [4.69, 9.17) is 0 Å². The zero-order valence-electron chi connectivity index (χ0n) is 18.5. The second kappa shape index (κ2) is 8.95. The van der Waals surface area contributed by atoms with Crippen LogP contribution >= 0.6 is 0 Å². The zero-order valence-corrected chi connectivity index (χ0v) is 19.3. The van der Waals surface area contributed by atoms with E-state index < -0.39 is 15.7 Å². The summed E-state index contributed by atoms with van der Waals surface area (Å²) in [7, 11) is -3.88. The van der Waals surface area contributed by atoms with Crippen molar-refractivity contribution >= 4 is 32.3 Å². The van der Waals surface area contributed by atoms with Gasteiger partial charge in [0, 0.05) is 49.0 Å². The third kappa shape index (κ3) is 4.17. The predicted octanol–water partition coefficient (Wildman–Crippen LogP) is 3.96. The fourth-order valence-electron chi connectivity index (χ4n) is 4.40. The van der Waals surface area contributed by atoms with Crippen molar-refractivity contribution in [3.8, 4) is 0 Å². The van der Waals surface area contributed by atoms with E-state index in [1.54, 1.807) is 22.8 Å². The highest BCUT2D eigenvalue weighted by molar-refractivity contribution is 7.91. The second-order valence-corrected chi connectivity index (χ2v) is 10.2. The van der Waals surface area contributed by atoms with E-state index in [1.807, 2.05) is 29.2 Å². The van der Waals surface area contributed by atoms with Gasteiger partial charge in [0.15, 0.2) is 0 Å². The number of para-hydroxylation sites is 2. The number of anilines is 1. The Bertz CT molecular complexity index is 1430. The highest BCUT2D eigenvalue weighted by atomic mass is 32.2. The lowest BCUT2D eigenvalue weighted by atomic mass is 10.2. The number of nitrogens with zero attached hydrogens (tertiary/aromatic N) is 3. The van der Waals surface area contributed by atoms with Gasteiger partial charge in [-0.15, -0.1) is 0 Å². The first-order chi connectivity index (χ1) is 16.4. The lowest BCUT2D eigenvalue weighted by molar-refractivity contribution is -0.132. The molecule has 0 spiro atoms. The maximum absolute atomic E-state index is 13.3. The average molecular weight is 478 g/mol. The number of fused-ring (bicyclic) bond motifs is 1. The molecule has 6 nitrogen and oxygen atoms in total. The Morgan fingerprint density at radius 2 is 1.47 bits per heavy atom. The van der Waals surface area contributed by atoms with Gasteiger partial charge >= 0.3 is 0 Å². The molecule has 0 radical (unpaired) electrons.